The van der Waals surface area contributed by atoms with Crippen LogP contribution in [0.15, 0.2) is 77.9 Å². The topological polar surface area (TPSA) is 194 Å². The molecule has 0 radical (unpaired) electrons. The van der Waals surface area contributed by atoms with E-state index < -0.39 is 56.8 Å². The third-order valence-corrected chi connectivity index (χ3v) is 15.3. The number of rotatable bonds is 11. The molecule has 3 amide bonds. The van der Waals surface area contributed by atoms with E-state index in [0.717, 1.165) is 77.8 Å². The quantitative estimate of drug-likeness (QED) is 0.172. The molecule has 1 aromatic heterocycles. The van der Waals surface area contributed by atoms with Crippen molar-refractivity contribution in [3.63, 3.8) is 0 Å². The highest BCUT2D eigenvalue weighted by Gasteiger charge is 2.40. The largest absolute Gasteiger partial charge is 0.453 e. The fourth-order valence-electron chi connectivity index (χ4n) is 9.99. The summed E-state index contributed by atoms with van der Waals surface area (Å²) in [4.78, 5) is 64.0. The molecule has 0 spiro atoms. The Morgan fingerprint density at radius 3 is 2.32 bits per heavy atom. The Labute approximate surface area is 394 Å². The second-order valence-corrected chi connectivity index (χ2v) is 19.7. The third-order valence-electron chi connectivity index (χ3n) is 13.8. The lowest BCUT2D eigenvalue weighted by Gasteiger charge is -2.40. The second-order valence-electron chi connectivity index (χ2n) is 18.1. The zero-order chi connectivity index (χ0) is 48.1. The molecule has 69 heavy (non-hydrogen) atoms. The van der Waals surface area contributed by atoms with Gasteiger partial charge in [0.1, 0.15) is 41.7 Å². The number of piperazine rings is 1. The number of aromatic nitrogens is 2. The predicted molar refractivity (Wildman–Crippen MR) is 248 cm³/mol. The lowest BCUT2D eigenvalue weighted by Crippen LogP contribution is -2.52. The van der Waals surface area contributed by atoms with Crippen molar-refractivity contribution in [2.75, 3.05) is 73.4 Å². The molecule has 0 bridgehead atoms. The van der Waals surface area contributed by atoms with Crippen molar-refractivity contribution < 1.29 is 40.7 Å². The number of nitrogens with one attached hydrogen (secondary N) is 2. The van der Waals surface area contributed by atoms with E-state index in [-0.39, 0.29) is 65.8 Å². The monoisotopic (exact) mass is 964 g/mol. The van der Waals surface area contributed by atoms with Gasteiger partial charge in [0, 0.05) is 88.8 Å². The smallest absolute Gasteiger partial charge is 0.301 e. The van der Waals surface area contributed by atoms with Gasteiger partial charge in [0.15, 0.2) is 11.6 Å². The van der Waals surface area contributed by atoms with Crippen LogP contribution in [0, 0.1) is 28.9 Å². The Hall–Kier alpha value is -7.02. The van der Waals surface area contributed by atoms with E-state index in [0.29, 0.717) is 43.2 Å². The fraction of sp³-hybridized carbons (Fsp3) is 0.375. The number of benzene rings is 4. The van der Waals surface area contributed by atoms with Gasteiger partial charge < -0.3 is 19.4 Å². The number of fused-ring (bicyclic) bond motifs is 2. The summed E-state index contributed by atoms with van der Waals surface area (Å²) in [5, 5.41) is 12.3. The molecule has 0 saturated carbocycles. The average Bonchev–Trinajstić information content (AvgIpc) is 3.93. The number of ether oxygens (including phenoxy) is 1. The maximum Gasteiger partial charge on any atom is 0.301 e. The van der Waals surface area contributed by atoms with Gasteiger partial charge in [-0.2, -0.15) is 18.0 Å². The van der Waals surface area contributed by atoms with Crippen molar-refractivity contribution in [2.45, 2.75) is 50.9 Å². The summed E-state index contributed by atoms with van der Waals surface area (Å²) < 4.78 is 80.7. The van der Waals surface area contributed by atoms with Gasteiger partial charge in [-0.05, 0) is 104 Å². The van der Waals surface area contributed by atoms with E-state index in [1.54, 1.807) is 17.0 Å². The van der Waals surface area contributed by atoms with E-state index in [4.69, 9.17) is 4.74 Å². The first kappa shape index (κ1) is 45.7. The Bertz CT molecular complexity index is 3120. The Morgan fingerprint density at radius 1 is 0.841 bits per heavy atom. The van der Waals surface area contributed by atoms with Gasteiger partial charge in [0.05, 0.1) is 22.3 Å². The third kappa shape index (κ3) is 9.06. The van der Waals surface area contributed by atoms with E-state index in [1.165, 1.54) is 36.7 Å². The molecule has 358 valence electrons. The minimum absolute atomic E-state index is 0.00636. The van der Waals surface area contributed by atoms with Gasteiger partial charge in [-0.3, -0.25) is 38.7 Å². The Morgan fingerprint density at radius 2 is 1.59 bits per heavy atom. The number of imide groups is 1. The standard InChI is InChI=1S/C48H47F3N10O7S/c49-31-13-16-59(27-31)69(66,67)55-41-7-5-38(50)45(37(41)24-52)68-34-3-6-40-36(23-34)48(65)61(28-53-40)42-8-2-33(22-39(42)51)58-19-17-56(18-20-58)25-29-11-14-57(15-12-29)32-1-4-35-30(21-32)26-60(47(35)64)43-9-10-44(62)54-46(43)63/h1-8,21-23,28-29,31,43,55H,9-20,25-27H2,(H,54,62,63)/t31-,43?/m1/s1. The van der Waals surface area contributed by atoms with Crippen molar-refractivity contribution in [1.82, 2.24) is 29.0 Å². The highest BCUT2D eigenvalue weighted by molar-refractivity contribution is 7.90. The first-order chi connectivity index (χ1) is 33.2. The molecule has 4 fully saturated rings. The van der Waals surface area contributed by atoms with Crippen molar-refractivity contribution in [3.05, 3.63) is 112 Å². The molecular formula is C48H47F3N10O7S. The molecule has 4 saturated heterocycles. The summed E-state index contributed by atoms with van der Waals surface area (Å²) in [6.45, 7) is 5.58. The lowest BCUT2D eigenvalue weighted by molar-refractivity contribution is -0.136. The van der Waals surface area contributed by atoms with Crippen LogP contribution in [0.1, 0.15) is 53.6 Å². The molecule has 0 aliphatic carbocycles. The van der Waals surface area contributed by atoms with E-state index >= 15 is 8.78 Å². The molecule has 5 aliphatic rings. The zero-order valence-electron chi connectivity index (χ0n) is 37.2. The van der Waals surface area contributed by atoms with Gasteiger partial charge in [0.2, 0.25) is 11.8 Å². The molecule has 5 aliphatic heterocycles. The number of alkyl halides is 1. The maximum absolute atomic E-state index is 15.9. The second kappa shape index (κ2) is 18.5. The number of anilines is 3. The number of nitriles is 1. The highest BCUT2D eigenvalue weighted by Crippen LogP contribution is 2.36. The van der Waals surface area contributed by atoms with Crippen LogP contribution in [0.2, 0.25) is 0 Å². The normalized spacial score (nSPS) is 20.6. The first-order valence-corrected chi connectivity index (χ1v) is 24.3. The first-order valence-electron chi connectivity index (χ1n) is 22.9. The molecule has 2 N–H and O–H groups in total. The van der Waals surface area contributed by atoms with Gasteiger partial charge in [-0.15, -0.1) is 0 Å². The summed E-state index contributed by atoms with van der Waals surface area (Å²) in [5.41, 5.74) is 2.02. The van der Waals surface area contributed by atoms with Crippen molar-refractivity contribution >= 4 is 55.9 Å². The van der Waals surface area contributed by atoms with Crippen molar-refractivity contribution in [1.29, 1.82) is 5.26 Å². The van der Waals surface area contributed by atoms with E-state index in [2.05, 4.69) is 35.8 Å². The average molecular weight is 965 g/mol. The van der Waals surface area contributed by atoms with Crippen LogP contribution in [-0.2, 0) is 26.3 Å². The summed E-state index contributed by atoms with van der Waals surface area (Å²) in [6.07, 6.45) is 2.46. The number of carbonyl (C=O) groups excluding carboxylic acids is 3. The molecule has 5 aromatic rings. The number of carbonyl (C=O) groups is 3. The van der Waals surface area contributed by atoms with E-state index in [9.17, 15) is 37.2 Å². The van der Waals surface area contributed by atoms with Crippen LogP contribution in [0.5, 0.6) is 11.5 Å². The van der Waals surface area contributed by atoms with Crippen LogP contribution in [0.4, 0.5) is 30.2 Å². The highest BCUT2D eigenvalue weighted by atomic mass is 32.2. The SMILES string of the molecule is N#Cc1c(NS(=O)(=O)N2CC[C@@H](F)C2)ccc(F)c1Oc1ccc2ncn(-c3ccc(N4CCN(CC5CCN(c6ccc7c(c6)CN(C6CCC(=O)NC6=O)C7=O)CC5)CC4)cc3F)c(=O)c2c1. The predicted octanol–water partition coefficient (Wildman–Crippen LogP) is 4.83. The van der Waals surface area contributed by atoms with Gasteiger partial charge in [-0.25, -0.2) is 18.2 Å². The molecule has 2 atom stereocenters. The van der Waals surface area contributed by atoms with Crippen LogP contribution in [0.25, 0.3) is 16.6 Å². The number of piperidine rings is 2. The van der Waals surface area contributed by atoms with Crippen LogP contribution in [0.3, 0.4) is 0 Å². The van der Waals surface area contributed by atoms with E-state index in [1.807, 2.05) is 12.1 Å². The minimum atomic E-state index is -4.27. The lowest BCUT2D eigenvalue weighted by atomic mass is 9.95. The van der Waals surface area contributed by atoms with Gasteiger partial charge in [-0.1, -0.05) is 0 Å². The van der Waals surface area contributed by atoms with Crippen molar-refractivity contribution in [2.24, 2.45) is 5.92 Å². The molecule has 21 heteroatoms. The zero-order valence-corrected chi connectivity index (χ0v) is 38.1. The number of halogens is 3. The van der Waals surface area contributed by atoms with Crippen LogP contribution < -0.4 is 30.1 Å². The summed E-state index contributed by atoms with van der Waals surface area (Å²) in [7, 11) is -4.27. The Kier molecular flexibility index (Phi) is 12.2. The number of amides is 3. The number of hydrogen-bond acceptors (Lipinski definition) is 12. The van der Waals surface area contributed by atoms with Crippen LogP contribution >= 0.6 is 0 Å². The van der Waals surface area contributed by atoms with Gasteiger partial charge in [0.25, 0.3) is 11.5 Å². The summed E-state index contributed by atoms with van der Waals surface area (Å²) in [6, 6.07) is 17.8. The van der Waals surface area contributed by atoms with Crippen LogP contribution in [-0.4, -0.2) is 121 Å². The molecule has 17 nitrogen and oxygen atoms in total. The summed E-state index contributed by atoms with van der Waals surface area (Å²) in [5.74, 6) is -2.72. The molecular weight excluding hydrogens is 918 g/mol. The molecule has 10 rings (SSSR count). The Balaban J connectivity index is 0.747. The van der Waals surface area contributed by atoms with Gasteiger partial charge >= 0.3 is 10.2 Å². The summed E-state index contributed by atoms with van der Waals surface area (Å²) >= 11 is 0. The molecule has 6 heterocycles. The molecule has 1 unspecified atom stereocenters. The fourth-order valence-corrected chi connectivity index (χ4v) is 11.3. The minimum Gasteiger partial charge on any atom is -0.453 e. The molecule has 4 aromatic carbocycles. The number of hydrogen-bond donors (Lipinski definition) is 2. The maximum atomic E-state index is 15.9. The van der Waals surface area contributed by atoms with Crippen molar-refractivity contribution in [3.8, 4) is 23.3 Å². The number of nitrogens with zero attached hydrogens (tertiary/aromatic N) is 8.